The summed E-state index contributed by atoms with van der Waals surface area (Å²) in [6.07, 6.45) is 3.54. The van der Waals surface area contributed by atoms with Crippen molar-refractivity contribution in [2.24, 2.45) is 0 Å². The van der Waals surface area contributed by atoms with E-state index in [0.717, 1.165) is 17.8 Å². The summed E-state index contributed by atoms with van der Waals surface area (Å²) in [5, 5.41) is 11.8. The Morgan fingerprint density at radius 2 is 2.27 bits per heavy atom. The average molecular weight is 227 g/mol. The van der Waals surface area contributed by atoms with Gasteiger partial charge in [-0.2, -0.15) is 0 Å². The highest BCUT2D eigenvalue weighted by atomic mass is 32.1. The van der Waals surface area contributed by atoms with Crippen molar-refractivity contribution in [1.29, 1.82) is 0 Å². The molecule has 84 valence electrons. The molecule has 1 aromatic rings. The number of unbranched alkanes of at least 4 members (excludes halogenated alkanes) is 3. The van der Waals surface area contributed by atoms with Gasteiger partial charge in [-0.25, -0.2) is 4.79 Å². The van der Waals surface area contributed by atoms with E-state index in [1.165, 1.54) is 29.1 Å². The van der Waals surface area contributed by atoms with Crippen LogP contribution in [0, 0.1) is 0 Å². The van der Waals surface area contributed by atoms with Crippen molar-refractivity contribution in [2.75, 3.05) is 11.4 Å². The van der Waals surface area contributed by atoms with E-state index in [2.05, 4.69) is 6.92 Å². The Bertz CT molecular complexity index is 285. The Kier molecular flexibility index (Phi) is 5.18. The lowest BCUT2D eigenvalue weighted by molar-refractivity contribution is 0.202. The first-order chi connectivity index (χ1) is 7.25. The third-order valence-electron chi connectivity index (χ3n) is 2.24. The zero-order valence-corrected chi connectivity index (χ0v) is 9.80. The van der Waals surface area contributed by atoms with Gasteiger partial charge in [0.1, 0.15) is 5.00 Å². The molecule has 3 nitrogen and oxygen atoms in total. The normalized spacial score (nSPS) is 10.2. The van der Waals surface area contributed by atoms with Gasteiger partial charge in [0.15, 0.2) is 0 Å². The summed E-state index contributed by atoms with van der Waals surface area (Å²) >= 11 is 1.47. The van der Waals surface area contributed by atoms with Crippen LogP contribution in [-0.2, 0) is 0 Å². The third kappa shape index (κ3) is 3.91. The number of hydrogen-bond acceptors (Lipinski definition) is 2. The van der Waals surface area contributed by atoms with Crippen LogP contribution in [0.5, 0.6) is 0 Å². The fourth-order valence-corrected chi connectivity index (χ4v) is 2.17. The molecule has 4 heteroatoms. The molecule has 0 atom stereocenters. The molecule has 0 fully saturated rings. The molecule has 0 bridgehead atoms. The number of rotatable bonds is 6. The number of hydrogen-bond donors (Lipinski definition) is 1. The van der Waals surface area contributed by atoms with E-state index >= 15 is 0 Å². The number of carboxylic acid groups (broad SMARTS) is 1. The summed E-state index contributed by atoms with van der Waals surface area (Å²) in [6, 6.07) is 3.72. The highest BCUT2D eigenvalue weighted by molar-refractivity contribution is 7.14. The number of thiophene rings is 1. The summed E-state index contributed by atoms with van der Waals surface area (Å²) in [5.74, 6) is 0. The minimum absolute atomic E-state index is 0.607. The lowest BCUT2D eigenvalue weighted by Gasteiger charge is -2.16. The van der Waals surface area contributed by atoms with Crippen LogP contribution in [0.1, 0.15) is 32.6 Å². The molecule has 0 aliphatic rings. The Hall–Kier alpha value is -1.03. The maximum absolute atomic E-state index is 11.0. The Labute approximate surface area is 94.3 Å². The largest absolute Gasteiger partial charge is 0.465 e. The number of carbonyl (C=O) groups is 1. The summed E-state index contributed by atoms with van der Waals surface area (Å²) in [6.45, 7) is 2.75. The van der Waals surface area contributed by atoms with Gasteiger partial charge in [-0.1, -0.05) is 26.2 Å². The number of nitrogens with zero attached hydrogens (tertiary/aromatic N) is 1. The van der Waals surface area contributed by atoms with Gasteiger partial charge in [0, 0.05) is 6.54 Å². The van der Waals surface area contributed by atoms with Gasteiger partial charge in [-0.3, -0.25) is 4.90 Å². The summed E-state index contributed by atoms with van der Waals surface area (Å²) in [7, 11) is 0. The summed E-state index contributed by atoms with van der Waals surface area (Å²) in [5.41, 5.74) is 0. The van der Waals surface area contributed by atoms with Crippen LogP contribution in [0.25, 0.3) is 0 Å². The third-order valence-corrected chi connectivity index (χ3v) is 3.13. The highest BCUT2D eigenvalue weighted by Crippen LogP contribution is 2.21. The monoisotopic (exact) mass is 227 g/mol. The predicted molar refractivity (Wildman–Crippen MR) is 63.8 cm³/mol. The number of anilines is 1. The molecule has 15 heavy (non-hydrogen) atoms. The minimum atomic E-state index is -0.853. The first-order valence-corrected chi connectivity index (χ1v) is 6.17. The summed E-state index contributed by atoms with van der Waals surface area (Å²) < 4.78 is 0. The second kappa shape index (κ2) is 6.45. The van der Waals surface area contributed by atoms with Crippen LogP contribution in [0.2, 0.25) is 0 Å². The van der Waals surface area contributed by atoms with Crippen molar-refractivity contribution in [2.45, 2.75) is 32.6 Å². The molecule has 0 radical (unpaired) electrons. The molecule has 0 aliphatic heterocycles. The van der Waals surface area contributed by atoms with E-state index in [-0.39, 0.29) is 0 Å². The molecular weight excluding hydrogens is 210 g/mol. The highest BCUT2D eigenvalue weighted by Gasteiger charge is 2.13. The van der Waals surface area contributed by atoms with Gasteiger partial charge in [-0.15, -0.1) is 11.3 Å². The second-order valence-electron chi connectivity index (χ2n) is 3.45. The fourth-order valence-electron chi connectivity index (χ4n) is 1.42. The van der Waals surface area contributed by atoms with Gasteiger partial charge in [0.05, 0.1) is 0 Å². The van der Waals surface area contributed by atoms with Crippen molar-refractivity contribution >= 4 is 22.4 Å². The molecule has 0 unspecified atom stereocenters. The van der Waals surface area contributed by atoms with Crippen LogP contribution >= 0.6 is 11.3 Å². The van der Waals surface area contributed by atoms with E-state index in [1.54, 1.807) is 0 Å². The quantitative estimate of drug-likeness (QED) is 0.751. The topological polar surface area (TPSA) is 40.5 Å². The lowest BCUT2D eigenvalue weighted by atomic mass is 10.2. The van der Waals surface area contributed by atoms with Crippen molar-refractivity contribution in [1.82, 2.24) is 0 Å². The molecule has 0 saturated heterocycles. The predicted octanol–water partition coefficient (Wildman–Crippen LogP) is 3.81. The molecule has 1 amide bonds. The van der Waals surface area contributed by atoms with E-state index in [9.17, 15) is 4.79 Å². The van der Waals surface area contributed by atoms with Crippen molar-refractivity contribution < 1.29 is 9.90 Å². The molecule has 1 N–H and O–H groups in total. The minimum Gasteiger partial charge on any atom is -0.465 e. The van der Waals surface area contributed by atoms with Gasteiger partial charge >= 0.3 is 6.09 Å². The Balaban J connectivity index is 2.42. The van der Waals surface area contributed by atoms with Crippen molar-refractivity contribution in [3.05, 3.63) is 17.5 Å². The average Bonchev–Trinajstić information content (AvgIpc) is 2.70. The maximum atomic E-state index is 11.0. The van der Waals surface area contributed by atoms with Crippen LogP contribution in [0.4, 0.5) is 9.80 Å². The van der Waals surface area contributed by atoms with Crippen molar-refractivity contribution in [3.63, 3.8) is 0 Å². The molecule has 0 spiro atoms. The van der Waals surface area contributed by atoms with E-state index in [0.29, 0.717) is 6.54 Å². The molecule has 0 aromatic carbocycles. The second-order valence-corrected chi connectivity index (χ2v) is 4.37. The van der Waals surface area contributed by atoms with Gasteiger partial charge in [-0.05, 0) is 23.9 Å². The maximum Gasteiger partial charge on any atom is 0.412 e. The van der Waals surface area contributed by atoms with Gasteiger partial charge < -0.3 is 5.11 Å². The molecule has 1 heterocycles. The van der Waals surface area contributed by atoms with Crippen LogP contribution in [0.15, 0.2) is 17.5 Å². The zero-order valence-electron chi connectivity index (χ0n) is 8.98. The molecular formula is C11H17NO2S. The van der Waals surface area contributed by atoms with E-state index in [4.69, 9.17) is 5.11 Å². The van der Waals surface area contributed by atoms with Gasteiger partial charge in [0.2, 0.25) is 0 Å². The molecule has 0 aliphatic carbocycles. The molecule has 1 aromatic heterocycles. The van der Waals surface area contributed by atoms with E-state index in [1.807, 2.05) is 17.5 Å². The zero-order chi connectivity index (χ0) is 11.1. The van der Waals surface area contributed by atoms with Crippen LogP contribution in [0.3, 0.4) is 0 Å². The van der Waals surface area contributed by atoms with E-state index < -0.39 is 6.09 Å². The van der Waals surface area contributed by atoms with Gasteiger partial charge in [0.25, 0.3) is 0 Å². The van der Waals surface area contributed by atoms with Crippen molar-refractivity contribution in [3.8, 4) is 0 Å². The van der Waals surface area contributed by atoms with Crippen LogP contribution < -0.4 is 4.90 Å². The summed E-state index contributed by atoms with van der Waals surface area (Å²) in [4.78, 5) is 12.4. The standard InChI is InChI=1S/C11H17NO2S/c1-2-3-4-5-8-12(11(13)14)10-7-6-9-15-10/h6-7,9H,2-5,8H2,1H3,(H,13,14). The smallest absolute Gasteiger partial charge is 0.412 e. The SMILES string of the molecule is CCCCCCN(C(=O)O)c1cccs1. The molecule has 0 saturated carbocycles. The Morgan fingerprint density at radius 1 is 1.47 bits per heavy atom. The van der Waals surface area contributed by atoms with Crippen LogP contribution in [-0.4, -0.2) is 17.7 Å². The Morgan fingerprint density at radius 3 is 2.80 bits per heavy atom. The number of amides is 1. The lowest BCUT2D eigenvalue weighted by Crippen LogP contribution is -2.29. The molecule has 1 rings (SSSR count). The first kappa shape index (κ1) is 12.0. The fraction of sp³-hybridized carbons (Fsp3) is 0.545. The first-order valence-electron chi connectivity index (χ1n) is 5.29.